The zero-order chi connectivity index (χ0) is 28.5. The Morgan fingerprint density at radius 2 is 1.74 bits per heavy atom. The first-order valence-electron chi connectivity index (χ1n) is 13.1. The van der Waals surface area contributed by atoms with E-state index >= 15 is 0 Å². The molecule has 1 fully saturated rings. The summed E-state index contributed by atoms with van der Waals surface area (Å²) in [7, 11) is 3.08. The second kappa shape index (κ2) is 11.0. The molecule has 0 bridgehead atoms. The van der Waals surface area contributed by atoms with Gasteiger partial charge in [0.15, 0.2) is 0 Å². The summed E-state index contributed by atoms with van der Waals surface area (Å²) in [6.45, 7) is 11.4. The quantitative estimate of drug-likeness (QED) is 0.483. The Hall–Kier alpha value is -4.08. The molecule has 1 saturated heterocycles. The average Bonchev–Trinajstić information content (AvgIpc) is 2.89. The van der Waals surface area contributed by atoms with Gasteiger partial charge in [-0.3, -0.25) is 9.36 Å². The van der Waals surface area contributed by atoms with Crippen LogP contribution in [0.5, 0.6) is 0 Å². The third-order valence-corrected chi connectivity index (χ3v) is 6.72. The number of anilines is 2. The summed E-state index contributed by atoms with van der Waals surface area (Å²) in [6.07, 6.45) is -0.340. The lowest BCUT2D eigenvalue weighted by Crippen LogP contribution is -2.51. The number of ether oxygens (including phenoxy) is 2. The summed E-state index contributed by atoms with van der Waals surface area (Å²) >= 11 is 0. The van der Waals surface area contributed by atoms with Crippen molar-refractivity contribution in [3.63, 3.8) is 0 Å². The first kappa shape index (κ1) is 27.9. The second-order valence-electron chi connectivity index (χ2n) is 10.9. The van der Waals surface area contributed by atoms with Gasteiger partial charge in [-0.2, -0.15) is 0 Å². The van der Waals surface area contributed by atoms with E-state index in [2.05, 4.69) is 5.32 Å². The lowest BCUT2D eigenvalue weighted by atomic mass is 10.0. The molecule has 4 rings (SSSR count). The highest BCUT2D eigenvalue weighted by Crippen LogP contribution is 2.29. The van der Waals surface area contributed by atoms with Gasteiger partial charge in [-0.1, -0.05) is 18.2 Å². The zero-order valence-electron chi connectivity index (χ0n) is 23.7. The molecule has 2 heterocycles. The normalized spacial score (nSPS) is 14.7. The number of aryl methyl sites for hydroxylation is 1. The molecule has 1 N–H and O–H groups in total. The number of fused-ring (bicyclic) bond motifs is 1. The van der Waals surface area contributed by atoms with Crippen LogP contribution in [0.2, 0.25) is 0 Å². The van der Waals surface area contributed by atoms with Crippen LogP contribution in [0.1, 0.15) is 55.2 Å². The number of benzene rings is 2. The maximum absolute atomic E-state index is 13.5. The Balaban J connectivity index is 1.67. The van der Waals surface area contributed by atoms with Gasteiger partial charge < -0.3 is 24.6 Å². The van der Waals surface area contributed by atoms with Gasteiger partial charge in [0.05, 0.1) is 29.6 Å². The molecule has 1 amide bonds. The molecular weight excluding hydrogens is 498 g/mol. The summed E-state index contributed by atoms with van der Waals surface area (Å²) in [4.78, 5) is 47.0. The molecule has 0 saturated carbocycles. The molecule has 10 heteroatoms. The van der Waals surface area contributed by atoms with Crippen molar-refractivity contribution in [1.29, 1.82) is 0 Å². The van der Waals surface area contributed by atoms with Crippen molar-refractivity contribution in [1.82, 2.24) is 14.5 Å². The van der Waals surface area contributed by atoms with Crippen molar-refractivity contribution in [3.05, 3.63) is 63.4 Å². The zero-order valence-corrected chi connectivity index (χ0v) is 23.7. The van der Waals surface area contributed by atoms with E-state index in [9.17, 15) is 14.4 Å². The number of nitrogens with zero attached hydrogens (tertiary/aromatic N) is 4. The Bertz CT molecular complexity index is 1450. The molecule has 0 aliphatic carbocycles. The number of piperazine rings is 1. The van der Waals surface area contributed by atoms with Crippen LogP contribution in [-0.2, 0) is 16.5 Å². The number of methoxy groups -OCH3 is 1. The first-order chi connectivity index (χ1) is 18.4. The summed E-state index contributed by atoms with van der Waals surface area (Å²) in [5.41, 5.74) is 2.74. The number of hydrogen-bond donors (Lipinski definition) is 1. The number of carbonyl (C=O) groups is 2. The van der Waals surface area contributed by atoms with Crippen LogP contribution in [0.3, 0.4) is 0 Å². The third-order valence-electron chi connectivity index (χ3n) is 6.72. The third kappa shape index (κ3) is 6.00. The number of rotatable bonds is 5. The van der Waals surface area contributed by atoms with Gasteiger partial charge in [-0.05, 0) is 58.4 Å². The Labute approximate surface area is 228 Å². The van der Waals surface area contributed by atoms with Crippen molar-refractivity contribution in [2.75, 3.05) is 43.5 Å². The van der Waals surface area contributed by atoms with Crippen LogP contribution in [0.15, 0.2) is 41.2 Å². The van der Waals surface area contributed by atoms with Gasteiger partial charge in [0.25, 0.3) is 5.56 Å². The molecule has 2 aromatic carbocycles. The molecule has 1 atom stereocenters. The number of nitrogens with one attached hydrogen (secondary N) is 1. The predicted molar refractivity (Wildman–Crippen MR) is 152 cm³/mol. The summed E-state index contributed by atoms with van der Waals surface area (Å²) in [5, 5.41) is 3.94. The number of para-hydroxylation sites is 1. The number of carbonyl (C=O) groups excluding carboxylic acids is 2. The number of hydrogen-bond acceptors (Lipinski definition) is 8. The standard InChI is InChI=1S/C29H37N5O5/c1-18-16-21(19(2)30-23-11-9-8-10-20(23)26(36)38-7)24-22(17-18)25(35)32(6)27(31-24)33-12-14-34(15-13-33)28(37)39-29(3,4)5/h8-11,16-17,19,30H,12-15H2,1-7H3. The highest BCUT2D eigenvalue weighted by Gasteiger charge is 2.28. The molecule has 1 unspecified atom stereocenters. The van der Waals surface area contributed by atoms with E-state index < -0.39 is 11.6 Å². The SMILES string of the molecule is COC(=O)c1ccccc1NC(C)c1cc(C)cc2c(=O)n(C)c(N3CCN(C(=O)OC(C)(C)C)CC3)nc12. The van der Waals surface area contributed by atoms with Crippen molar-refractivity contribution in [3.8, 4) is 0 Å². The lowest BCUT2D eigenvalue weighted by molar-refractivity contribution is 0.0239. The van der Waals surface area contributed by atoms with E-state index in [0.717, 1.165) is 11.1 Å². The van der Waals surface area contributed by atoms with Crippen LogP contribution in [-0.4, -0.2) is 65.4 Å². The minimum absolute atomic E-state index is 0.142. The molecule has 0 radical (unpaired) electrons. The summed E-state index contributed by atoms with van der Waals surface area (Å²) in [6, 6.07) is 10.8. The molecule has 3 aromatic rings. The molecule has 208 valence electrons. The second-order valence-corrected chi connectivity index (χ2v) is 10.9. The maximum atomic E-state index is 13.5. The fourth-order valence-corrected chi connectivity index (χ4v) is 4.78. The fourth-order valence-electron chi connectivity index (χ4n) is 4.78. The topological polar surface area (TPSA) is 106 Å². The maximum Gasteiger partial charge on any atom is 0.410 e. The molecule has 1 aliphatic heterocycles. The Morgan fingerprint density at radius 1 is 1.08 bits per heavy atom. The first-order valence-corrected chi connectivity index (χ1v) is 13.1. The number of aromatic nitrogens is 2. The Morgan fingerprint density at radius 3 is 2.38 bits per heavy atom. The molecule has 39 heavy (non-hydrogen) atoms. The van der Waals surface area contributed by atoms with E-state index in [1.165, 1.54) is 7.11 Å². The van der Waals surface area contributed by atoms with Crippen molar-refractivity contribution in [2.45, 2.75) is 46.3 Å². The highest BCUT2D eigenvalue weighted by molar-refractivity contribution is 5.95. The van der Waals surface area contributed by atoms with Gasteiger partial charge in [0, 0.05) is 44.5 Å². The molecule has 10 nitrogen and oxygen atoms in total. The summed E-state index contributed by atoms with van der Waals surface area (Å²) < 4.78 is 12.0. The van der Waals surface area contributed by atoms with Gasteiger partial charge >= 0.3 is 12.1 Å². The Kier molecular flexibility index (Phi) is 7.85. The minimum atomic E-state index is -0.561. The van der Waals surface area contributed by atoms with Crippen LogP contribution in [0, 0.1) is 6.92 Å². The molecule has 0 spiro atoms. The highest BCUT2D eigenvalue weighted by atomic mass is 16.6. The minimum Gasteiger partial charge on any atom is -0.465 e. The van der Waals surface area contributed by atoms with Crippen LogP contribution in [0.4, 0.5) is 16.4 Å². The van der Waals surface area contributed by atoms with Crippen molar-refractivity contribution >= 4 is 34.6 Å². The van der Waals surface area contributed by atoms with Crippen LogP contribution in [0.25, 0.3) is 10.9 Å². The molecule has 1 aliphatic rings. The largest absolute Gasteiger partial charge is 0.465 e. The van der Waals surface area contributed by atoms with Gasteiger partial charge in [-0.25, -0.2) is 14.6 Å². The van der Waals surface area contributed by atoms with Gasteiger partial charge in [0.1, 0.15) is 5.60 Å². The molecule has 1 aromatic heterocycles. The van der Waals surface area contributed by atoms with Gasteiger partial charge in [-0.15, -0.1) is 0 Å². The van der Waals surface area contributed by atoms with Crippen LogP contribution < -0.4 is 15.8 Å². The van der Waals surface area contributed by atoms with E-state index in [1.54, 1.807) is 28.6 Å². The van der Waals surface area contributed by atoms with Gasteiger partial charge in [0.2, 0.25) is 5.95 Å². The monoisotopic (exact) mass is 535 g/mol. The summed E-state index contributed by atoms with van der Waals surface area (Å²) in [5.74, 6) is 0.114. The predicted octanol–water partition coefficient (Wildman–Crippen LogP) is 4.26. The smallest absolute Gasteiger partial charge is 0.410 e. The average molecular weight is 536 g/mol. The van der Waals surface area contributed by atoms with Crippen LogP contribution >= 0.6 is 0 Å². The lowest BCUT2D eigenvalue weighted by Gasteiger charge is -2.36. The fraction of sp³-hybridized carbons (Fsp3) is 0.448. The van der Waals surface area contributed by atoms with E-state index in [1.807, 2.05) is 63.8 Å². The van der Waals surface area contributed by atoms with Crippen molar-refractivity contribution in [2.24, 2.45) is 7.05 Å². The van der Waals surface area contributed by atoms with E-state index in [0.29, 0.717) is 54.3 Å². The van der Waals surface area contributed by atoms with E-state index in [4.69, 9.17) is 14.5 Å². The van der Waals surface area contributed by atoms with Crippen molar-refractivity contribution < 1.29 is 19.1 Å². The number of amides is 1. The number of esters is 1. The molecular formula is C29H37N5O5. The van der Waals surface area contributed by atoms with E-state index in [-0.39, 0.29) is 17.7 Å².